The lowest BCUT2D eigenvalue weighted by atomic mass is 10.2. The topological polar surface area (TPSA) is 118 Å². The molecule has 0 radical (unpaired) electrons. The van der Waals surface area contributed by atoms with Gasteiger partial charge >= 0.3 is 0 Å². The summed E-state index contributed by atoms with van der Waals surface area (Å²) in [5, 5.41) is 11.1. The zero-order chi connectivity index (χ0) is 21.0. The quantitative estimate of drug-likeness (QED) is 0.582. The van der Waals surface area contributed by atoms with E-state index in [1.165, 1.54) is 41.0 Å². The minimum Gasteiger partial charge on any atom is -0.463 e. The number of aromatic nitrogens is 2. The Kier molecular flexibility index (Phi) is 6.02. The molecule has 1 aromatic carbocycles. The first kappa shape index (κ1) is 20.4. The second kappa shape index (κ2) is 8.86. The highest BCUT2D eigenvalue weighted by molar-refractivity contribution is 7.89. The molecule has 9 nitrogen and oxygen atoms in total. The minimum atomic E-state index is -3.53. The Bertz CT molecular complexity index is 1130. The molecule has 0 bridgehead atoms. The van der Waals surface area contributed by atoms with Crippen LogP contribution in [0.5, 0.6) is 0 Å². The number of hydrogen-bond donors (Lipinski definition) is 1. The average Bonchev–Trinajstić information content (AvgIpc) is 3.45. The molecule has 1 fully saturated rings. The Hall–Kier alpha value is -2.89. The first-order chi connectivity index (χ1) is 14.5. The van der Waals surface area contributed by atoms with Gasteiger partial charge in [-0.3, -0.25) is 10.1 Å². The van der Waals surface area contributed by atoms with E-state index < -0.39 is 15.9 Å². The van der Waals surface area contributed by atoms with Gasteiger partial charge in [0.2, 0.25) is 20.3 Å². The Morgan fingerprint density at radius 2 is 1.90 bits per heavy atom. The molecule has 2 aromatic heterocycles. The van der Waals surface area contributed by atoms with Gasteiger partial charge in [-0.25, -0.2) is 13.4 Å². The fourth-order valence-electron chi connectivity index (χ4n) is 3.00. The molecular weight excluding hydrogens is 426 g/mol. The summed E-state index contributed by atoms with van der Waals surface area (Å²) in [7, 11) is -3.53. The van der Waals surface area contributed by atoms with Gasteiger partial charge < -0.3 is 4.42 Å². The fraction of sp³-hybridized carbons (Fsp3) is 0.263. The molecule has 0 spiro atoms. The highest BCUT2D eigenvalue weighted by atomic mass is 32.2. The summed E-state index contributed by atoms with van der Waals surface area (Å²) in [5.41, 5.74) is 0.323. The van der Waals surface area contributed by atoms with E-state index in [0.717, 1.165) is 30.6 Å². The monoisotopic (exact) mass is 445 g/mol. The smallest absolute Gasteiger partial charge is 0.257 e. The molecule has 0 saturated carbocycles. The van der Waals surface area contributed by atoms with Crippen LogP contribution in [0.3, 0.4) is 0 Å². The van der Waals surface area contributed by atoms with Crippen LogP contribution < -0.4 is 5.32 Å². The van der Waals surface area contributed by atoms with Gasteiger partial charge in [0, 0.05) is 18.7 Å². The van der Waals surface area contributed by atoms with Crippen molar-refractivity contribution in [3.8, 4) is 0 Å². The van der Waals surface area contributed by atoms with Crippen LogP contribution in [0.15, 0.2) is 57.0 Å². The van der Waals surface area contributed by atoms with Crippen LogP contribution in [0.2, 0.25) is 0 Å². The molecular formula is C19H19N5O4S2. The van der Waals surface area contributed by atoms with E-state index in [9.17, 15) is 13.2 Å². The first-order valence-electron chi connectivity index (χ1n) is 9.35. The van der Waals surface area contributed by atoms with Gasteiger partial charge in [0.25, 0.3) is 5.91 Å². The van der Waals surface area contributed by atoms with Crippen molar-refractivity contribution < 1.29 is 17.6 Å². The summed E-state index contributed by atoms with van der Waals surface area (Å²) in [4.78, 5) is 16.8. The molecule has 3 heterocycles. The van der Waals surface area contributed by atoms with Crippen LogP contribution in [-0.4, -0.2) is 48.1 Å². The third-order valence-electron chi connectivity index (χ3n) is 4.55. The average molecular weight is 446 g/mol. The second-order valence-corrected chi connectivity index (χ2v) is 9.50. The number of nitrogens with zero attached hydrogens (tertiary/aromatic N) is 4. The number of piperidine rings is 1. The number of anilines is 1. The molecule has 4 rings (SSSR count). The normalized spacial score (nSPS) is 15.5. The van der Waals surface area contributed by atoms with Gasteiger partial charge in [0.15, 0.2) is 0 Å². The Balaban J connectivity index is 1.40. The van der Waals surface area contributed by atoms with Crippen LogP contribution in [0.4, 0.5) is 10.3 Å². The maximum absolute atomic E-state index is 12.7. The number of amides is 1. The maximum atomic E-state index is 12.7. The van der Waals surface area contributed by atoms with Crippen molar-refractivity contribution in [1.82, 2.24) is 14.5 Å². The minimum absolute atomic E-state index is 0.186. The highest BCUT2D eigenvalue weighted by Crippen LogP contribution is 2.24. The molecule has 1 aliphatic heterocycles. The summed E-state index contributed by atoms with van der Waals surface area (Å²) in [6.07, 6.45) is 5.83. The molecule has 1 amide bonds. The van der Waals surface area contributed by atoms with Crippen molar-refractivity contribution >= 4 is 43.7 Å². The molecule has 0 aliphatic carbocycles. The molecule has 156 valence electrons. The number of rotatable bonds is 6. The number of carbonyl (C=O) groups excluding carboxylic acids is 1. The lowest BCUT2D eigenvalue weighted by molar-refractivity contribution is 0.102. The SMILES string of the molecule is O=C(Nc1nnc(/N=C/c2ccco2)s1)c1ccc(S(=O)(=O)N2CCCCC2)cc1. The van der Waals surface area contributed by atoms with Gasteiger partial charge in [-0.2, -0.15) is 4.31 Å². The summed E-state index contributed by atoms with van der Waals surface area (Å²) >= 11 is 1.11. The zero-order valence-electron chi connectivity index (χ0n) is 15.9. The Morgan fingerprint density at radius 3 is 2.60 bits per heavy atom. The summed E-state index contributed by atoms with van der Waals surface area (Å²) in [5.74, 6) is 0.171. The molecule has 0 unspecified atom stereocenters. The third kappa shape index (κ3) is 4.64. The molecule has 3 aromatic rings. The van der Waals surface area contributed by atoms with E-state index >= 15 is 0 Å². The lowest BCUT2D eigenvalue weighted by Crippen LogP contribution is -2.35. The van der Waals surface area contributed by atoms with Crippen molar-refractivity contribution in [3.05, 3.63) is 54.0 Å². The third-order valence-corrected chi connectivity index (χ3v) is 7.21. The van der Waals surface area contributed by atoms with Gasteiger partial charge in [-0.15, -0.1) is 10.2 Å². The zero-order valence-corrected chi connectivity index (χ0v) is 17.5. The van der Waals surface area contributed by atoms with Crippen molar-refractivity contribution in [2.75, 3.05) is 18.4 Å². The van der Waals surface area contributed by atoms with E-state index in [1.54, 1.807) is 12.1 Å². The van der Waals surface area contributed by atoms with Crippen molar-refractivity contribution in [3.63, 3.8) is 0 Å². The number of carbonyl (C=O) groups is 1. The lowest BCUT2D eigenvalue weighted by Gasteiger charge is -2.25. The fourth-order valence-corrected chi connectivity index (χ4v) is 5.11. The van der Waals surface area contributed by atoms with Gasteiger partial charge in [0.1, 0.15) is 5.76 Å². The number of sulfonamides is 1. The van der Waals surface area contributed by atoms with Crippen LogP contribution in [0, 0.1) is 0 Å². The molecule has 1 saturated heterocycles. The molecule has 1 N–H and O–H groups in total. The number of benzene rings is 1. The largest absolute Gasteiger partial charge is 0.463 e. The van der Waals surface area contributed by atoms with E-state index in [2.05, 4.69) is 20.5 Å². The predicted molar refractivity (Wildman–Crippen MR) is 113 cm³/mol. The molecule has 1 aliphatic rings. The Labute approximate surface area is 177 Å². The predicted octanol–water partition coefficient (Wildman–Crippen LogP) is 3.31. The van der Waals surface area contributed by atoms with Crippen molar-refractivity contribution in [1.29, 1.82) is 0 Å². The molecule has 30 heavy (non-hydrogen) atoms. The van der Waals surface area contributed by atoms with E-state index in [0.29, 0.717) is 29.5 Å². The van der Waals surface area contributed by atoms with Crippen LogP contribution >= 0.6 is 11.3 Å². The Morgan fingerprint density at radius 1 is 1.13 bits per heavy atom. The number of furan rings is 1. The number of hydrogen-bond acceptors (Lipinski definition) is 8. The van der Waals surface area contributed by atoms with Crippen LogP contribution in [-0.2, 0) is 10.0 Å². The second-order valence-electron chi connectivity index (χ2n) is 6.61. The van der Waals surface area contributed by atoms with Gasteiger partial charge in [0.05, 0.1) is 17.4 Å². The van der Waals surface area contributed by atoms with E-state index in [4.69, 9.17) is 4.42 Å². The van der Waals surface area contributed by atoms with Crippen LogP contribution in [0.1, 0.15) is 35.4 Å². The number of aliphatic imine (C=N–C) groups is 1. The standard InChI is InChI=1S/C19H19N5O4S2/c25-17(21-19-23-22-18(29-19)20-13-15-5-4-12-28-15)14-6-8-16(9-7-14)30(26,27)24-10-2-1-3-11-24/h4-9,12-13H,1-3,10-11H2,(H,21,23,25)/b20-13+. The summed E-state index contributed by atoms with van der Waals surface area (Å²) in [6.45, 7) is 1.07. The first-order valence-corrected chi connectivity index (χ1v) is 11.6. The maximum Gasteiger partial charge on any atom is 0.257 e. The van der Waals surface area contributed by atoms with Crippen molar-refractivity contribution in [2.24, 2.45) is 4.99 Å². The molecule has 11 heteroatoms. The molecule has 0 atom stereocenters. The summed E-state index contributed by atoms with van der Waals surface area (Å²) < 4.78 is 32.0. The van der Waals surface area contributed by atoms with E-state index in [1.807, 2.05) is 0 Å². The van der Waals surface area contributed by atoms with E-state index in [-0.39, 0.29) is 10.0 Å². The van der Waals surface area contributed by atoms with Gasteiger partial charge in [-0.1, -0.05) is 17.8 Å². The van der Waals surface area contributed by atoms with Crippen molar-refractivity contribution in [2.45, 2.75) is 24.2 Å². The van der Waals surface area contributed by atoms with Crippen LogP contribution in [0.25, 0.3) is 0 Å². The number of nitrogens with one attached hydrogen (secondary N) is 1. The van der Waals surface area contributed by atoms with Gasteiger partial charge in [-0.05, 0) is 49.2 Å². The highest BCUT2D eigenvalue weighted by Gasteiger charge is 2.26. The summed E-state index contributed by atoms with van der Waals surface area (Å²) in [6, 6.07) is 9.39.